The maximum atomic E-state index is 10.1. The highest BCUT2D eigenvalue weighted by Gasteiger charge is 2.45. The van der Waals surface area contributed by atoms with E-state index < -0.39 is 37.3 Å². The van der Waals surface area contributed by atoms with Gasteiger partial charge in [-0.15, -0.1) is 0 Å². The van der Waals surface area contributed by atoms with Gasteiger partial charge in [0.15, 0.2) is 0 Å². The molecule has 1 aliphatic rings. The molecule has 0 saturated carbocycles. The van der Waals surface area contributed by atoms with Gasteiger partial charge in [0.1, 0.15) is 30.2 Å². The standard InChI is InChI=1S/C18H28O6/c1-5-10-6-7-12(11(8-10)18(2,3)4)23-17-16(22)15(21)14(20)13(9-19)24-17/h6-8,13-17,19-22H,5,9H2,1-4H3/t13-,14-,15-,16-,17-/m1/s1. The number of aliphatic hydroxyl groups is 4. The average Bonchev–Trinajstić information content (AvgIpc) is 2.54. The van der Waals surface area contributed by atoms with Crippen LogP contribution in [0.2, 0.25) is 0 Å². The first kappa shape index (κ1) is 19.1. The Morgan fingerprint density at radius 3 is 2.29 bits per heavy atom. The van der Waals surface area contributed by atoms with Gasteiger partial charge in [-0.3, -0.25) is 0 Å². The van der Waals surface area contributed by atoms with Crippen LogP contribution < -0.4 is 4.74 Å². The minimum atomic E-state index is -1.45. The number of hydrogen-bond donors (Lipinski definition) is 4. The van der Waals surface area contributed by atoms with Crippen LogP contribution in [0.5, 0.6) is 5.75 Å². The molecule has 6 nitrogen and oxygen atoms in total. The normalized spacial score (nSPS) is 31.1. The van der Waals surface area contributed by atoms with Gasteiger partial charge in [-0.2, -0.15) is 0 Å². The third-order valence-electron chi connectivity index (χ3n) is 4.35. The first-order chi connectivity index (χ1) is 11.2. The molecular weight excluding hydrogens is 312 g/mol. The van der Waals surface area contributed by atoms with Gasteiger partial charge in [-0.05, 0) is 29.0 Å². The second-order valence-electron chi connectivity index (χ2n) is 7.25. The van der Waals surface area contributed by atoms with E-state index in [4.69, 9.17) is 9.47 Å². The molecule has 0 aromatic heterocycles. The molecule has 0 aliphatic carbocycles. The highest BCUT2D eigenvalue weighted by Crippen LogP contribution is 2.34. The van der Waals surface area contributed by atoms with Crippen molar-refractivity contribution in [3.63, 3.8) is 0 Å². The Hall–Kier alpha value is -1.18. The monoisotopic (exact) mass is 340 g/mol. The second-order valence-corrected chi connectivity index (χ2v) is 7.25. The summed E-state index contributed by atoms with van der Waals surface area (Å²) in [5.74, 6) is 0.545. The molecular formula is C18H28O6. The van der Waals surface area contributed by atoms with Crippen molar-refractivity contribution in [3.05, 3.63) is 29.3 Å². The van der Waals surface area contributed by atoms with Gasteiger partial charge in [0.05, 0.1) is 6.61 Å². The Bertz CT molecular complexity index is 551. The number of benzene rings is 1. The van der Waals surface area contributed by atoms with E-state index in [0.717, 1.165) is 12.0 Å². The molecule has 0 amide bonds. The smallest absolute Gasteiger partial charge is 0.229 e. The third-order valence-corrected chi connectivity index (χ3v) is 4.35. The summed E-state index contributed by atoms with van der Waals surface area (Å²) in [6, 6.07) is 5.81. The van der Waals surface area contributed by atoms with Gasteiger partial charge in [-0.1, -0.05) is 39.8 Å². The van der Waals surface area contributed by atoms with Gasteiger partial charge < -0.3 is 29.9 Å². The fourth-order valence-corrected chi connectivity index (χ4v) is 2.78. The third kappa shape index (κ3) is 3.90. The van der Waals surface area contributed by atoms with Crippen molar-refractivity contribution < 1.29 is 29.9 Å². The fraction of sp³-hybridized carbons (Fsp3) is 0.667. The molecule has 4 N–H and O–H groups in total. The van der Waals surface area contributed by atoms with Crippen molar-refractivity contribution in [1.82, 2.24) is 0 Å². The number of hydrogen-bond acceptors (Lipinski definition) is 6. The minimum Gasteiger partial charge on any atom is -0.462 e. The molecule has 136 valence electrons. The Morgan fingerprint density at radius 2 is 1.75 bits per heavy atom. The molecule has 24 heavy (non-hydrogen) atoms. The number of aryl methyl sites for hydroxylation is 1. The lowest BCUT2D eigenvalue weighted by atomic mass is 9.85. The van der Waals surface area contributed by atoms with Crippen LogP contribution in [0.25, 0.3) is 0 Å². The van der Waals surface area contributed by atoms with Crippen LogP contribution in [-0.4, -0.2) is 57.7 Å². The summed E-state index contributed by atoms with van der Waals surface area (Å²) in [7, 11) is 0. The van der Waals surface area contributed by atoms with Crippen LogP contribution in [0.3, 0.4) is 0 Å². The van der Waals surface area contributed by atoms with E-state index in [1.165, 1.54) is 5.56 Å². The summed E-state index contributed by atoms with van der Waals surface area (Å²) >= 11 is 0. The number of ether oxygens (including phenoxy) is 2. The average molecular weight is 340 g/mol. The second kappa shape index (κ2) is 7.37. The van der Waals surface area contributed by atoms with Crippen LogP contribution in [-0.2, 0) is 16.6 Å². The zero-order valence-corrected chi connectivity index (χ0v) is 14.6. The van der Waals surface area contributed by atoms with Crippen molar-refractivity contribution in [3.8, 4) is 5.75 Å². The van der Waals surface area contributed by atoms with E-state index in [1.54, 1.807) is 0 Å². The number of aliphatic hydroxyl groups excluding tert-OH is 4. The highest BCUT2D eigenvalue weighted by molar-refractivity contribution is 5.41. The summed E-state index contributed by atoms with van der Waals surface area (Å²) in [6.45, 7) is 7.76. The van der Waals surface area contributed by atoms with Crippen LogP contribution in [0.1, 0.15) is 38.8 Å². The molecule has 5 atom stereocenters. The van der Waals surface area contributed by atoms with E-state index in [-0.39, 0.29) is 5.41 Å². The van der Waals surface area contributed by atoms with E-state index in [0.29, 0.717) is 5.75 Å². The molecule has 6 heteroatoms. The van der Waals surface area contributed by atoms with Crippen molar-refractivity contribution >= 4 is 0 Å². The van der Waals surface area contributed by atoms with Gasteiger partial charge in [0, 0.05) is 0 Å². The predicted octanol–water partition coefficient (Wildman–Crippen LogP) is 0.725. The van der Waals surface area contributed by atoms with Gasteiger partial charge in [-0.25, -0.2) is 0 Å². The Labute approximate surface area is 142 Å². The first-order valence-electron chi connectivity index (χ1n) is 8.29. The van der Waals surface area contributed by atoms with Crippen molar-refractivity contribution in [1.29, 1.82) is 0 Å². The molecule has 0 radical (unpaired) electrons. The molecule has 1 heterocycles. The van der Waals surface area contributed by atoms with Crippen LogP contribution in [0, 0.1) is 0 Å². The Morgan fingerprint density at radius 1 is 1.08 bits per heavy atom. The predicted molar refractivity (Wildman–Crippen MR) is 88.9 cm³/mol. The summed E-state index contributed by atoms with van der Waals surface area (Å²) in [5.41, 5.74) is 1.94. The molecule has 1 aromatic carbocycles. The molecule has 0 bridgehead atoms. The van der Waals surface area contributed by atoms with E-state index in [2.05, 4.69) is 33.8 Å². The molecule has 0 unspecified atom stereocenters. The summed E-state index contributed by atoms with van der Waals surface area (Å²) in [5, 5.41) is 39.1. The topological polar surface area (TPSA) is 99.4 Å². The molecule has 1 aromatic rings. The Balaban J connectivity index is 2.30. The molecule has 2 rings (SSSR count). The van der Waals surface area contributed by atoms with E-state index >= 15 is 0 Å². The maximum Gasteiger partial charge on any atom is 0.229 e. The van der Waals surface area contributed by atoms with Gasteiger partial charge >= 0.3 is 0 Å². The highest BCUT2D eigenvalue weighted by atomic mass is 16.7. The molecule has 1 saturated heterocycles. The zero-order valence-electron chi connectivity index (χ0n) is 14.6. The first-order valence-corrected chi connectivity index (χ1v) is 8.29. The quantitative estimate of drug-likeness (QED) is 0.645. The molecule has 0 spiro atoms. The fourth-order valence-electron chi connectivity index (χ4n) is 2.78. The lowest BCUT2D eigenvalue weighted by Crippen LogP contribution is -2.60. The zero-order chi connectivity index (χ0) is 18.1. The minimum absolute atomic E-state index is 0.186. The summed E-state index contributed by atoms with van der Waals surface area (Å²) < 4.78 is 11.2. The summed E-state index contributed by atoms with van der Waals surface area (Å²) in [6.07, 6.45) is -5.52. The van der Waals surface area contributed by atoms with Crippen LogP contribution in [0.15, 0.2) is 18.2 Å². The van der Waals surface area contributed by atoms with Crippen LogP contribution >= 0.6 is 0 Å². The van der Waals surface area contributed by atoms with Gasteiger partial charge in [0.2, 0.25) is 6.29 Å². The largest absolute Gasteiger partial charge is 0.462 e. The Kier molecular flexibility index (Phi) is 5.88. The van der Waals surface area contributed by atoms with Gasteiger partial charge in [0.25, 0.3) is 0 Å². The van der Waals surface area contributed by atoms with Crippen molar-refractivity contribution in [2.45, 2.75) is 70.2 Å². The lowest BCUT2D eigenvalue weighted by molar-refractivity contribution is -0.277. The lowest BCUT2D eigenvalue weighted by Gasteiger charge is -2.40. The number of rotatable bonds is 4. The van der Waals surface area contributed by atoms with Crippen molar-refractivity contribution in [2.24, 2.45) is 0 Å². The molecule has 1 fully saturated rings. The van der Waals surface area contributed by atoms with Crippen LogP contribution in [0.4, 0.5) is 0 Å². The van der Waals surface area contributed by atoms with E-state index in [9.17, 15) is 20.4 Å². The molecule has 1 aliphatic heterocycles. The SMILES string of the molecule is CCc1ccc(O[C@@H]2O[C@H](CO)[C@@H](O)[C@@H](O)[C@H]2O)c(C(C)(C)C)c1. The van der Waals surface area contributed by atoms with Crippen molar-refractivity contribution in [2.75, 3.05) is 6.61 Å². The maximum absolute atomic E-state index is 10.1. The summed E-state index contributed by atoms with van der Waals surface area (Å²) in [4.78, 5) is 0. The van der Waals surface area contributed by atoms with E-state index in [1.807, 2.05) is 12.1 Å².